The molecule has 4 rings (SSSR count). The lowest BCUT2D eigenvalue weighted by Crippen LogP contribution is -2.30. The number of fused-ring (bicyclic) bond motifs is 1. The number of sulfonamides is 1. The minimum absolute atomic E-state index is 0.00373. The van der Waals surface area contributed by atoms with E-state index in [1.165, 1.54) is 35.8 Å². The van der Waals surface area contributed by atoms with Crippen LogP contribution < -0.4 is 15.6 Å². The number of halogens is 1. The summed E-state index contributed by atoms with van der Waals surface area (Å²) >= 11 is 6.33. The number of carbonyl (C=O) groups is 1. The van der Waals surface area contributed by atoms with Gasteiger partial charge in [-0.25, -0.2) is 18.1 Å². The van der Waals surface area contributed by atoms with E-state index in [0.717, 1.165) is 0 Å². The molecule has 0 atom stereocenters. The van der Waals surface area contributed by atoms with Crippen molar-refractivity contribution in [3.05, 3.63) is 94.0 Å². The third kappa shape index (κ3) is 4.80. The monoisotopic (exact) mass is 482 g/mol. The summed E-state index contributed by atoms with van der Waals surface area (Å²) in [6.45, 7) is 1.11. The summed E-state index contributed by atoms with van der Waals surface area (Å²) < 4.78 is 29.5. The van der Waals surface area contributed by atoms with Crippen molar-refractivity contribution < 1.29 is 13.2 Å². The molecule has 0 spiro atoms. The summed E-state index contributed by atoms with van der Waals surface area (Å²) in [7, 11) is -3.93. The number of nitrogens with one attached hydrogen (secondary N) is 2. The fourth-order valence-corrected chi connectivity index (χ4v) is 4.54. The largest absolute Gasteiger partial charge is 0.326 e. The average Bonchev–Trinajstić information content (AvgIpc) is 2.79. The molecular formula is C23H19ClN4O4S. The standard InChI is InChI=1S/C23H19ClN4O4S/c1-15(29)26-16-10-12-17(13-11-16)33(31,32)25-14-22-27-20-8-4-2-6-18(20)23(30)28(22)21-9-5-3-7-19(21)24/h2-13,25H,14H2,1H3,(H,26,29). The van der Waals surface area contributed by atoms with Gasteiger partial charge in [0.15, 0.2) is 0 Å². The molecule has 168 valence electrons. The number of hydrogen-bond donors (Lipinski definition) is 2. The molecule has 8 nitrogen and oxygen atoms in total. The van der Waals surface area contributed by atoms with E-state index in [0.29, 0.717) is 27.3 Å². The van der Waals surface area contributed by atoms with E-state index in [2.05, 4.69) is 15.0 Å². The van der Waals surface area contributed by atoms with Crippen molar-refractivity contribution in [3.63, 3.8) is 0 Å². The van der Waals surface area contributed by atoms with Gasteiger partial charge in [-0.1, -0.05) is 35.9 Å². The van der Waals surface area contributed by atoms with Crippen LogP contribution in [0.4, 0.5) is 5.69 Å². The number of anilines is 1. The molecule has 1 heterocycles. The molecule has 1 aromatic heterocycles. The van der Waals surface area contributed by atoms with Gasteiger partial charge in [-0.3, -0.25) is 14.2 Å². The third-order valence-corrected chi connectivity index (χ3v) is 6.58. The van der Waals surface area contributed by atoms with Crippen molar-refractivity contribution in [2.24, 2.45) is 0 Å². The predicted molar refractivity (Wildman–Crippen MR) is 127 cm³/mol. The predicted octanol–water partition coefficient (Wildman–Crippen LogP) is 3.48. The number of para-hydroxylation sites is 2. The molecule has 10 heteroatoms. The van der Waals surface area contributed by atoms with E-state index in [1.807, 2.05) is 0 Å². The average molecular weight is 483 g/mol. The second-order valence-corrected chi connectivity index (χ2v) is 9.34. The molecule has 0 aliphatic rings. The van der Waals surface area contributed by atoms with Crippen LogP contribution in [0.5, 0.6) is 0 Å². The molecule has 0 fully saturated rings. The summed E-state index contributed by atoms with van der Waals surface area (Å²) in [4.78, 5) is 29.0. The highest BCUT2D eigenvalue weighted by Gasteiger charge is 2.19. The number of nitrogens with zero attached hydrogens (tertiary/aromatic N) is 2. The van der Waals surface area contributed by atoms with Gasteiger partial charge >= 0.3 is 0 Å². The molecule has 3 aromatic carbocycles. The second-order valence-electron chi connectivity index (χ2n) is 7.17. The Bertz CT molecular complexity index is 1520. The van der Waals surface area contributed by atoms with Gasteiger partial charge in [0.2, 0.25) is 15.9 Å². The Hall–Kier alpha value is -3.53. The molecule has 4 aromatic rings. The Morgan fingerprint density at radius 1 is 1.00 bits per heavy atom. The van der Waals surface area contributed by atoms with Crippen molar-refractivity contribution in [3.8, 4) is 5.69 Å². The Labute approximate surface area is 194 Å². The zero-order valence-corrected chi connectivity index (χ0v) is 19.0. The Kier molecular flexibility index (Phi) is 6.28. The highest BCUT2D eigenvalue weighted by atomic mass is 35.5. The number of benzene rings is 3. The molecule has 0 bridgehead atoms. The number of hydrogen-bond acceptors (Lipinski definition) is 5. The van der Waals surface area contributed by atoms with Gasteiger partial charge in [-0.2, -0.15) is 0 Å². The quantitative estimate of drug-likeness (QED) is 0.437. The number of amides is 1. The molecule has 0 aliphatic carbocycles. The zero-order valence-electron chi connectivity index (χ0n) is 17.4. The van der Waals surface area contributed by atoms with Crippen LogP contribution in [0, 0.1) is 0 Å². The van der Waals surface area contributed by atoms with Crippen molar-refractivity contribution in [2.75, 3.05) is 5.32 Å². The number of rotatable bonds is 6. The van der Waals surface area contributed by atoms with Gasteiger partial charge in [-0.05, 0) is 48.5 Å². The molecule has 1 amide bonds. The molecular weight excluding hydrogens is 464 g/mol. The summed E-state index contributed by atoms with van der Waals surface area (Å²) in [6, 6.07) is 19.3. The zero-order chi connectivity index (χ0) is 23.6. The van der Waals surface area contributed by atoms with Crippen molar-refractivity contribution in [1.82, 2.24) is 14.3 Å². The van der Waals surface area contributed by atoms with E-state index in [4.69, 9.17) is 11.6 Å². The fourth-order valence-electron chi connectivity index (χ4n) is 3.34. The molecule has 2 N–H and O–H groups in total. The summed E-state index contributed by atoms with van der Waals surface area (Å²) in [6.07, 6.45) is 0. The van der Waals surface area contributed by atoms with E-state index >= 15 is 0 Å². The van der Waals surface area contributed by atoms with Crippen LogP contribution in [0.25, 0.3) is 16.6 Å². The first-order valence-electron chi connectivity index (χ1n) is 9.89. The summed E-state index contributed by atoms with van der Waals surface area (Å²) in [5.41, 5.74) is 0.962. The first-order valence-corrected chi connectivity index (χ1v) is 11.8. The van der Waals surface area contributed by atoms with Crippen molar-refractivity contribution >= 4 is 44.1 Å². The van der Waals surface area contributed by atoms with Gasteiger partial charge in [-0.15, -0.1) is 0 Å². The molecule has 33 heavy (non-hydrogen) atoms. The number of carbonyl (C=O) groups excluding carboxylic acids is 1. The van der Waals surface area contributed by atoms with Gasteiger partial charge in [0.25, 0.3) is 5.56 Å². The normalized spacial score (nSPS) is 11.5. The van der Waals surface area contributed by atoms with Crippen LogP contribution in [0.2, 0.25) is 5.02 Å². The summed E-state index contributed by atoms with van der Waals surface area (Å²) in [5.74, 6) is -0.0751. The van der Waals surface area contributed by atoms with Crippen molar-refractivity contribution in [2.45, 2.75) is 18.4 Å². The van der Waals surface area contributed by atoms with Crippen LogP contribution in [0.3, 0.4) is 0 Å². The van der Waals surface area contributed by atoms with Crippen LogP contribution >= 0.6 is 11.6 Å². The Morgan fingerprint density at radius 3 is 2.36 bits per heavy atom. The van der Waals surface area contributed by atoms with Crippen LogP contribution in [-0.2, 0) is 21.4 Å². The highest BCUT2D eigenvalue weighted by molar-refractivity contribution is 7.89. The topological polar surface area (TPSA) is 110 Å². The number of aromatic nitrogens is 2. The summed E-state index contributed by atoms with van der Waals surface area (Å²) in [5, 5.41) is 3.30. The molecule has 0 saturated heterocycles. The highest BCUT2D eigenvalue weighted by Crippen LogP contribution is 2.21. The molecule has 0 radical (unpaired) electrons. The molecule has 0 unspecified atom stereocenters. The van der Waals surface area contributed by atoms with E-state index in [-0.39, 0.29) is 28.7 Å². The third-order valence-electron chi connectivity index (χ3n) is 4.84. The molecule has 0 aliphatic heterocycles. The van der Waals surface area contributed by atoms with Gasteiger partial charge in [0.1, 0.15) is 5.82 Å². The van der Waals surface area contributed by atoms with E-state index in [1.54, 1.807) is 48.5 Å². The first kappa shape index (κ1) is 22.7. The van der Waals surface area contributed by atoms with Crippen molar-refractivity contribution in [1.29, 1.82) is 0 Å². The lowest BCUT2D eigenvalue weighted by atomic mass is 10.2. The SMILES string of the molecule is CC(=O)Nc1ccc(S(=O)(=O)NCc2nc3ccccc3c(=O)n2-c2ccccc2Cl)cc1. The minimum Gasteiger partial charge on any atom is -0.326 e. The minimum atomic E-state index is -3.93. The Morgan fingerprint density at radius 2 is 1.67 bits per heavy atom. The van der Waals surface area contributed by atoms with Gasteiger partial charge in [0.05, 0.1) is 33.1 Å². The maximum Gasteiger partial charge on any atom is 0.266 e. The maximum atomic E-state index is 13.3. The van der Waals surface area contributed by atoms with Gasteiger partial charge < -0.3 is 5.32 Å². The fraction of sp³-hybridized carbons (Fsp3) is 0.0870. The maximum absolute atomic E-state index is 13.3. The van der Waals surface area contributed by atoms with Crippen LogP contribution in [0.1, 0.15) is 12.7 Å². The van der Waals surface area contributed by atoms with E-state index < -0.39 is 10.0 Å². The van der Waals surface area contributed by atoms with Gasteiger partial charge in [0, 0.05) is 12.6 Å². The van der Waals surface area contributed by atoms with Crippen LogP contribution in [0.15, 0.2) is 82.5 Å². The first-order chi connectivity index (χ1) is 15.8. The lowest BCUT2D eigenvalue weighted by molar-refractivity contribution is -0.114. The Balaban J connectivity index is 1.73. The van der Waals surface area contributed by atoms with E-state index in [9.17, 15) is 18.0 Å². The second kappa shape index (κ2) is 9.14. The molecule has 0 saturated carbocycles. The lowest BCUT2D eigenvalue weighted by Gasteiger charge is -2.15. The van der Waals surface area contributed by atoms with Crippen LogP contribution in [-0.4, -0.2) is 23.9 Å². The smallest absolute Gasteiger partial charge is 0.266 e.